The van der Waals surface area contributed by atoms with E-state index in [-0.39, 0.29) is 29.4 Å². The molecule has 1 atom stereocenters. The molecule has 3 N–H and O–H groups in total. The standard InChI is InChI=1S/C24H23FN4O4/c1-14-21(29-24(2,13-32-3)23(31)28-14)17-11-26-12-18(17)22(30)16-8-7-15(10-19(16)25)33-20-6-4-5-9-27-20/h4-10,12,26,29H,1,11,13H2,2-3H3,(H,28,31)/b21-17-/t24-/m0/s1. The molecule has 4 rings (SSSR count). The van der Waals surface area contributed by atoms with Crippen molar-refractivity contribution in [1.29, 1.82) is 0 Å². The van der Waals surface area contributed by atoms with Crippen molar-refractivity contribution in [1.82, 2.24) is 20.9 Å². The average molecular weight is 450 g/mol. The van der Waals surface area contributed by atoms with Gasteiger partial charge in [0.1, 0.15) is 17.1 Å². The van der Waals surface area contributed by atoms with Crippen LogP contribution in [0, 0.1) is 5.82 Å². The predicted molar refractivity (Wildman–Crippen MR) is 119 cm³/mol. The summed E-state index contributed by atoms with van der Waals surface area (Å²) in [6.45, 7) is 6.00. The first kappa shape index (κ1) is 22.2. The van der Waals surface area contributed by atoms with Crippen molar-refractivity contribution in [2.45, 2.75) is 12.5 Å². The molecule has 2 aliphatic heterocycles. The van der Waals surface area contributed by atoms with E-state index in [4.69, 9.17) is 9.47 Å². The number of rotatable bonds is 6. The molecular formula is C24H23FN4O4. The lowest BCUT2D eigenvalue weighted by atomic mass is 9.92. The number of hydrogen-bond acceptors (Lipinski definition) is 7. The Bertz CT molecular complexity index is 1190. The van der Waals surface area contributed by atoms with E-state index in [1.807, 2.05) is 0 Å². The first-order chi connectivity index (χ1) is 15.8. The maximum atomic E-state index is 14.9. The van der Waals surface area contributed by atoms with Gasteiger partial charge in [-0.1, -0.05) is 12.6 Å². The summed E-state index contributed by atoms with van der Waals surface area (Å²) in [5, 5.41) is 8.88. The Labute approximate surface area is 190 Å². The molecular weight excluding hydrogens is 427 g/mol. The fourth-order valence-electron chi connectivity index (χ4n) is 3.67. The fourth-order valence-corrected chi connectivity index (χ4v) is 3.67. The Morgan fingerprint density at radius 1 is 1.30 bits per heavy atom. The number of aromatic nitrogens is 1. The van der Waals surface area contributed by atoms with E-state index in [1.54, 1.807) is 31.3 Å². The summed E-state index contributed by atoms with van der Waals surface area (Å²) in [4.78, 5) is 29.7. The van der Waals surface area contributed by atoms with Crippen molar-refractivity contribution < 1.29 is 23.5 Å². The van der Waals surface area contributed by atoms with Crippen LogP contribution in [0.4, 0.5) is 4.39 Å². The zero-order valence-corrected chi connectivity index (χ0v) is 18.2. The van der Waals surface area contributed by atoms with Gasteiger partial charge in [-0.2, -0.15) is 0 Å². The number of piperazine rings is 1. The van der Waals surface area contributed by atoms with Crippen LogP contribution in [-0.4, -0.2) is 42.5 Å². The van der Waals surface area contributed by atoms with Crippen molar-refractivity contribution in [2.75, 3.05) is 20.3 Å². The van der Waals surface area contributed by atoms with Crippen LogP contribution in [0.5, 0.6) is 11.6 Å². The second-order valence-electron chi connectivity index (χ2n) is 7.86. The predicted octanol–water partition coefficient (Wildman–Crippen LogP) is 2.58. The molecule has 9 heteroatoms. The van der Waals surface area contributed by atoms with Crippen LogP contribution in [-0.2, 0) is 9.53 Å². The third-order valence-electron chi connectivity index (χ3n) is 5.34. The average Bonchev–Trinajstić information content (AvgIpc) is 3.27. The monoisotopic (exact) mass is 450 g/mol. The van der Waals surface area contributed by atoms with Gasteiger partial charge in [-0.15, -0.1) is 0 Å². The molecule has 0 spiro atoms. The molecule has 0 saturated carbocycles. The Hall–Kier alpha value is -3.98. The number of methoxy groups -OCH3 is 1. The summed E-state index contributed by atoms with van der Waals surface area (Å²) >= 11 is 0. The molecule has 0 radical (unpaired) electrons. The van der Waals surface area contributed by atoms with Crippen molar-refractivity contribution in [2.24, 2.45) is 0 Å². The highest BCUT2D eigenvalue weighted by molar-refractivity contribution is 6.12. The number of amides is 1. The van der Waals surface area contributed by atoms with Crippen LogP contribution in [0.3, 0.4) is 0 Å². The van der Waals surface area contributed by atoms with Crippen LogP contribution in [0.2, 0.25) is 0 Å². The van der Waals surface area contributed by atoms with Gasteiger partial charge in [0.25, 0.3) is 5.91 Å². The van der Waals surface area contributed by atoms with E-state index in [0.29, 0.717) is 29.4 Å². The minimum Gasteiger partial charge on any atom is -0.439 e. The lowest BCUT2D eigenvalue weighted by molar-refractivity contribution is -0.129. The van der Waals surface area contributed by atoms with Crippen molar-refractivity contribution in [3.63, 3.8) is 0 Å². The van der Waals surface area contributed by atoms with E-state index in [1.165, 1.54) is 25.4 Å². The number of nitrogens with one attached hydrogen (secondary N) is 3. The molecule has 2 aromatic rings. The largest absolute Gasteiger partial charge is 0.439 e. The highest BCUT2D eigenvalue weighted by Gasteiger charge is 2.40. The molecule has 8 nitrogen and oxygen atoms in total. The van der Waals surface area contributed by atoms with Crippen LogP contribution >= 0.6 is 0 Å². The van der Waals surface area contributed by atoms with Gasteiger partial charge >= 0.3 is 0 Å². The molecule has 1 fully saturated rings. The Balaban J connectivity index is 1.61. The van der Waals surface area contributed by atoms with Crippen molar-refractivity contribution in [3.05, 3.63) is 89.3 Å². The van der Waals surface area contributed by atoms with E-state index in [2.05, 4.69) is 27.5 Å². The smallest absolute Gasteiger partial charge is 0.252 e. The second kappa shape index (κ2) is 8.87. The number of hydrogen-bond donors (Lipinski definition) is 3. The summed E-state index contributed by atoms with van der Waals surface area (Å²) in [7, 11) is 1.49. The van der Waals surface area contributed by atoms with Gasteiger partial charge in [-0.3, -0.25) is 9.59 Å². The molecule has 170 valence electrons. The fraction of sp³-hybridized carbons (Fsp3) is 0.208. The molecule has 0 aliphatic carbocycles. The molecule has 1 saturated heterocycles. The second-order valence-corrected chi connectivity index (χ2v) is 7.86. The number of ether oxygens (including phenoxy) is 2. The summed E-state index contributed by atoms with van der Waals surface area (Å²) in [5.74, 6) is -0.993. The maximum absolute atomic E-state index is 14.9. The lowest BCUT2D eigenvalue weighted by Gasteiger charge is -2.37. The summed E-state index contributed by atoms with van der Waals surface area (Å²) in [6.07, 6.45) is 3.09. The maximum Gasteiger partial charge on any atom is 0.252 e. The minimum atomic E-state index is -1.05. The molecule has 33 heavy (non-hydrogen) atoms. The van der Waals surface area contributed by atoms with E-state index in [9.17, 15) is 14.0 Å². The SMILES string of the molecule is C=C1NC(=O)[C@](C)(COC)N/C1=C1/CNC=C1C(=O)c1ccc(Oc2ccccn2)cc1F. The van der Waals surface area contributed by atoms with Crippen molar-refractivity contribution >= 4 is 11.7 Å². The molecule has 2 aliphatic rings. The van der Waals surface area contributed by atoms with Crippen LogP contribution in [0.25, 0.3) is 0 Å². The number of pyridine rings is 1. The summed E-state index contributed by atoms with van der Waals surface area (Å²) < 4.78 is 25.6. The quantitative estimate of drug-likeness (QED) is 0.582. The third-order valence-corrected chi connectivity index (χ3v) is 5.34. The molecule has 0 bridgehead atoms. The number of halogens is 1. The van der Waals surface area contributed by atoms with Crippen molar-refractivity contribution in [3.8, 4) is 11.6 Å². The number of ketones is 1. The molecule has 0 unspecified atom stereocenters. The zero-order chi connectivity index (χ0) is 23.6. The zero-order valence-electron chi connectivity index (χ0n) is 18.2. The van der Waals surface area contributed by atoms with E-state index < -0.39 is 17.1 Å². The number of nitrogens with zero attached hydrogens (tertiary/aromatic N) is 1. The Morgan fingerprint density at radius 3 is 2.82 bits per heavy atom. The van der Waals surface area contributed by atoms with Crippen LogP contribution < -0.4 is 20.7 Å². The van der Waals surface area contributed by atoms with Gasteiger partial charge in [0.2, 0.25) is 5.88 Å². The topological polar surface area (TPSA) is 102 Å². The van der Waals surface area contributed by atoms with Gasteiger partial charge in [0, 0.05) is 49.3 Å². The van der Waals surface area contributed by atoms with Gasteiger partial charge in [0.15, 0.2) is 5.78 Å². The highest BCUT2D eigenvalue weighted by atomic mass is 19.1. The Morgan fingerprint density at radius 2 is 2.12 bits per heavy atom. The first-order valence-electron chi connectivity index (χ1n) is 10.2. The van der Waals surface area contributed by atoms with Gasteiger partial charge < -0.3 is 25.4 Å². The number of Topliss-reactive ketones (excluding diaryl/α,β-unsaturated/α-hetero) is 1. The molecule has 3 heterocycles. The molecule has 1 amide bonds. The van der Waals surface area contributed by atoms with Gasteiger partial charge in [-0.05, 0) is 25.1 Å². The van der Waals surface area contributed by atoms with Crippen LogP contribution in [0.15, 0.2) is 77.9 Å². The molecule has 1 aromatic carbocycles. The van der Waals surface area contributed by atoms with Gasteiger partial charge in [-0.25, -0.2) is 9.37 Å². The minimum absolute atomic E-state index is 0.107. The number of carbonyl (C=O) groups excluding carboxylic acids is 2. The normalized spacial score (nSPS) is 22.2. The summed E-state index contributed by atoms with van der Waals surface area (Å²) in [6, 6.07) is 9.16. The Kier molecular flexibility index (Phi) is 5.97. The van der Waals surface area contributed by atoms with E-state index >= 15 is 0 Å². The number of carbonyl (C=O) groups is 2. The lowest BCUT2D eigenvalue weighted by Crippen LogP contribution is -2.62. The van der Waals surface area contributed by atoms with Crippen LogP contribution in [0.1, 0.15) is 17.3 Å². The summed E-state index contributed by atoms with van der Waals surface area (Å²) in [5.41, 5.74) is 0.499. The molecule has 1 aromatic heterocycles. The first-order valence-corrected chi connectivity index (χ1v) is 10.2. The van der Waals surface area contributed by atoms with E-state index in [0.717, 1.165) is 6.07 Å². The number of benzene rings is 1. The third kappa shape index (κ3) is 4.35. The van der Waals surface area contributed by atoms with Gasteiger partial charge in [0.05, 0.1) is 23.6 Å². The highest BCUT2D eigenvalue weighted by Crippen LogP contribution is 2.30.